The van der Waals surface area contributed by atoms with Gasteiger partial charge in [-0.2, -0.15) is 13.2 Å². The summed E-state index contributed by atoms with van der Waals surface area (Å²) in [6.07, 6.45) is -12.0. The molecule has 2 atom stereocenters. The summed E-state index contributed by atoms with van der Waals surface area (Å²) in [4.78, 5) is 11.0. The van der Waals surface area contributed by atoms with E-state index in [0.29, 0.717) is 12.1 Å². The predicted molar refractivity (Wildman–Crippen MR) is 137 cm³/mol. The number of carbonyl (C=O) groups is 1. The maximum Gasteiger partial charge on any atom is 0.573 e. The van der Waals surface area contributed by atoms with E-state index in [0.717, 1.165) is 18.7 Å². The van der Waals surface area contributed by atoms with Gasteiger partial charge in [0.15, 0.2) is 0 Å². The van der Waals surface area contributed by atoms with Gasteiger partial charge < -0.3 is 19.9 Å². The number of nitrogens with one attached hydrogen (secondary N) is 1. The lowest BCUT2D eigenvalue weighted by Crippen LogP contribution is -2.40. The lowest BCUT2D eigenvalue weighted by atomic mass is 9.97. The van der Waals surface area contributed by atoms with Gasteiger partial charge in [-0.1, -0.05) is 67.6 Å². The van der Waals surface area contributed by atoms with Crippen molar-refractivity contribution in [3.05, 3.63) is 101 Å². The van der Waals surface area contributed by atoms with Gasteiger partial charge in [-0.15, -0.1) is 13.2 Å². The minimum absolute atomic E-state index is 0.0293. The molecular weight excluding hydrogens is 540 g/mol. The predicted octanol–water partition coefficient (Wildman–Crippen LogP) is 7.48. The minimum atomic E-state index is -5.00. The molecule has 0 spiro atoms. The van der Waals surface area contributed by atoms with Crippen LogP contribution in [0.5, 0.6) is 11.5 Å². The molecule has 0 amide bonds. The quantitative estimate of drug-likeness (QED) is 0.290. The lowest BCUT2D eigenvalue weighted by molar-refractivity contribution is -0.274. The number of carboxylic acids is 1. The maximum absolute atomic E-state index is 13.0. The molecule has 1 aliphatic rings. The van der Waals surface area contributed by atoms with E-state index < -0.39 is 35.9 Å². The zero-order valence-electron chi connectivity index (χ0n) is 21.5. The smallest absolute Gasteiger partial charge is 0.478 e. The number of aliphatic carboxylic acids is 1. The summed E-state index contributed by atoms with van der Waals surface area (Å²) in [6.45, 7) is 4.60. The molecule has 0 bridgehead atoms. The minimum Gasteiger partial charge on any atom is -0.478 e. The Labute approximate surface area is 227 Å². The first-order valence-corrected chi connectivity index (χ1v) is 12.2. The summed E-state index contributed by atoms with van der Waals surface area (Å²) in [5.41, 5.74) is 1.33. The topological polar surface area (TPSA) is 67.8 Å². The summed E-state index contributed by atoms with van der Waals surface area (Å²) in [5.74, 6) is -2.88. The Morgan fingerprint density at radius 2 is 1.60 bits per heavy atom. The number of rotatable bonds is 7. The van der Waals surface area contributed by atoms with E-state index in [9.17, 15) is 31.1 Å². The molecule has 3 aromatic rings. The van der Waals surface area contributed by atoms with Crippen LogP contribution in [-0.4, -0.2) is 29.7 Å². The number of aryl methyl sites for hydroxylation is 1. The molecule has 1 heterocycles. The number of hydrogen-bond donors (Lipinski definition) is 2. The van der Waals surface area contributed by atoms with Crippen molar-refractivity contribution < 1.29 is 45.7 Å². The van der Waals surface area contributed by atoms with Crippen molar-refractivity contribution in [2.75, 3.05) is 0 Å². The van der Waals surface area contributed by atoms with E-state index in [2.05, 4.69) is 65.5 Å². The molecule has 0 fully saturated rings. The van der Waals surface area contributed by atoms with Crippen LogP contribution in [0.25, 0.3) is 6.08 Å². The first-order valence-electron chi connectivity index (χ1n) is 12.2. The second kappa shape index (κ2) is 12.9. The molecule has 0 saturated carbocycles. The van der Waals surface area contributed by atoms with Crippen molar-refractivity contribution in [3.63, 3.8) is 0 Å². The SMILES string of the molecule is CCc1cc(OC(F)(F)F)cc2c1O[C@@H](C(F)(F)F)C(C(=O)O)=C2.C[C@@H](NCc1ccccc1)c1ccccc1. The average molecular weight is 568 g/mol. The Morgan fingerprint density at radius 1 is 1.00 bits per heavy atom. The zero-order valence-corrected chi connectivity index (χ0v) is 21.5. The Hall–Kier alpha value is -3.99. The highest BCUT2D eigenvalue weighted by atomic mass is 19.4. The van der Waals surface area contributed by atoms with Crippen LogP contribution in [0.4, 0.5) is 26.3 Å². The van der Waals surface area contributed by atoms with E-state index >= 15 is 0 Å². The first-order chi connectivity index (χ1) is 18.8. The van der Waals surface area contributed by atoms with Crippen LogP contribution < -0.4 is 14.8 Å². The van der Waals surface area contributed by atoms with Gasteiger partial charge in [0.2, 0.25) is 6.10 Å². The number of ether oxygens (including phenoxy) is 2. The summed E-state index contributed by atoms with van der Waals surface area (Å²) >= 11 is 0. The lowest BCUT2D eigenvalue weighted by Gasteiger charge is -2.28. The normalized spacial score (nSPS) is 15.5. The van der Waals surface area contributed by atoms with Crippen molar-refractivity contribution in [2.45, 2.75) is 51.5 Å². The molecule has 0 unspecified atom stereocenters. The average Bonchev–Trinajstić information content (AvgIpc) is 2.90. The number of hydrogen-bond acceptors (Lipinski definition) is 4. The molecule has 214 valence electrons. The number of alkyl halides is 6. The molecule has 2 N–H and O–H groups in total. The van der Waals surface area contributed by atoms with Crippen molar-refractivity contribution in [3.8, 4) is 11.5 Å². The van der Waals surface area contributed by atoms with Gasteiger partial charge in [-0.05, 0) is 48.2 Å². The van der Waals surface area contributed by atoms with Crippen LogP contribution in [0, 0.1) is 0 Å². The Kier molecular flexibility index (Phi) is 9.86. The van der Waals surface area contributed by atoms with Crippen molar-refractivity contribution in [1.29, 1.82) is 0 Å². The molecule has 0 saturated heterocycles. The molecule has 40 heavy (non-hydrogen) atoms. The molecule has 3 aromatic carbocycles. The molecule has 1 aliphatic heterocycles. The number of carboxylic acid groups (broad SMARTS) is 1. The van der Waals surface area contributed by atoms with Crippen LogP contribution in [0.3, 0.4) is 0 Å². The molecule has 0 radical (unpaired) electrons. The van der Waals surface area contributed by atoms with E-state index in [1.165, 1.54) is 18.1 Å². The maximum atomic E-state index is 13.0. The summed E-state index contributed by atoms with van der Waals surface area (Å²) in [7, 11) is 0. The van der Waals surface area contributed by atoms with Gasteiger partial charge in [0, 0.05) is 18.2 Å². The highest BCUT2D eigenvalue weighted by Crippen LogP contribution is 2.41. The molecular formula is C29H27F6NO4. The number of benzene rings is 3. The van der Waals surface area contributed by atoms with Crippen LogP contribution in [0.15, 0.2) is 78.4 Å². The summed E-state index contributed by atoms with van der Waals surface area (Å²) < 4.78 is 84.4. The first kappa shape index (κ1) is 30.6. The number of halogens is 6. The third-order valence-corrected chi connectivity index (χ3v) is 5.91. The molecule has 5 nitrogen and oxygen atoms in total. The summed E-state index contributed by atoms with van der Waals surface area (Å²) in [6, 6.07) is 23.1. The zero-order chi connectivity index (χ0) is 29.5. The van der Waals surface area contributed by atoms with Crippen LogP contribution >= 0.6 is 0 Å². The Balaban J connectivity index is 0.000000238. The second-order valence-electron chi connectivity index (χ2n) is 8.85. The molecule has 4 rings (SSSR count). The molecule has 0 aliphatic carbocycles. The standard InChI is InChI=1S/C15H17N.C14H10F6O4/c1-13(15-10-6-3-7-11-15)16-12-14-8-4-2-5-9-14;1-2-6-3-8(24-14(18,19)20)4-7-5-9(12(21)22)11(13(15,16)17)23-10(6)7/h2-11,13,16H,12H2,1H3;3-5,11H,2H2,1H3,(H,21,22)/t13-;11-/m11/s1. The van der Waals surface area contributed by atoms with Crippen LogP contribution in [0.2, 0.25) is 0 Å². The van der Waals surface area contributed by atoms with Gasteiger partial charge in [0.25, 0.3) is 0 Å². The number of fused-ring (bicyclic) bond motifs is 1. The third-order valence-electron chi connectivity index (χ3n) is 5.91. The van der Waals surface area contributed by atoms with E-state index in [1.807, 2.05) is 12.1 Å². The highest BCUT2D eigenvalue weighted by molar-refractivity contribution is 5.95. The second-order valence-corrected chi connectivity index (χ2v) is 8.85. The summed E-state index contributed by atoms with van der Waals surface area (Å²) in [5, 5.41) is 12.4. The largest absolute Gasteiger partial charge is 0.573 e. The fourth-order valence-corrected chi connectivity index (χ4v) is 3.96. The molecule has 11 heteroatoms. The van der Waals surface area contributed by atoms with Gasteiger partial charge >= 0.3 is 18.5 Å². The van der Waals surface area contributed by atoms with E-state index in [4.69, 9.17) is 9.84 Å². The van der Waals surface area contributed by atoms with E-state index in [1.54, 1.807) is 0 Å². The Bertz CT molecular complexity index is 1310. The van der Waals surface area contributed by atoms with Gasteiger partial charge in [0.1, 0.15) is 11.5 Å². The highest BCUT2D eigenvalue weighted by Gasteiger charge is 2.49. The van der Waals surface area contributed by atoms with Crippen LogP contribution in [-0.2, 0) is 17.8 Å². The van der Waals surface area contributed by atoms with Crippen molar-refractivity contribution >= 4 is 12.0 Å². The van der Waals surface area contributed by atoms with Crippen molar-refractivity contribution in [2.24, 2.45) is 0 Å². The fourth-order valence-electron chi connectivity index (χ4n) is 3.96. The molecule has 0 aromatic heterocycles. The van der Waals surface area contributed by atoms with E-state index in [-0.39, 0.29) is 23.3 Å². The monoisotopic (exact) mass is 567 g/mol. The third kappa shape index (κ3) is 8.51. The van der Waals surface area contributed by atoms with Crippen LogP contribution in [0.1, 0.15) is 42.1 Å². The van der Waals surface area contributed by atoms with Gasteiger partial charge in [-0.25, -0.2) is 4.79 Å². The fraction of sp³-hybridized carbons (Fsp3) is 0.276. The van der Waals surface area contributed by atoms with Crippen molar-refractivity contribution in [1.82, 2.24) is 5.32 Å². The van der Waals surface area contributed by atoms with Gasteiger partial charge in [0.05, 0.1) is 5.57 Å². The van der Waals surface area contributed by atoms with Gasteiger partial charge in [-0.3, -0.25) is 0 Å². The Morgan fingerprint density at radius 3 is 2.12 bits per heavy atom.